The minimum absolute atomic E-state index is 0.0671. The molecule has 1 saturated heterocycles. The highest BCUT2D eigenvalue weighted by Crippen LogP contribution is 2.22. The van der Waals surface area contributed by atoms with Gasteiger partial charge >= 0.3 is 5.97 Å². The number of nitrogens with zero attached hydrogens (tertiary/aromatic N) is 2. The summed E-state index contributed by atoms with van der Waals surface area (Å²) in [6, 6.07) is -1.17. The first-order valence-electron chi connectivity index (χ1n) is 4.37. The molecule has 15 heavy (non-hydrogen) atoms. The molecule has 0 aromatic carbocycles. The van der Waals surface area contributed by atoms with Crippen LogP contribution in [0.5, 0.6) is 0 Å². The van der Waals surface area contributed by atoms with E-state index in [1.165, 1.54) is 14.1 Å². The Balaban J connectivity index is 2.99. The van der Waals surface area contributed by atoms with E-state index in [1.807, 2.05) is 0 Å². The number of rotatable bonds is 3. The largest absolute Gasteiger partial charge is 0.480 e. The third kappa shape index (κ3) is 2.28. The minimum Gasteiger partial charge on any atom is -0.480 e. The zero-order valence-corrected chi connectivity index (χ0v) is 9.31. The maximum Gasteiger partial charge on any atom is 0.322 e. The maximum atomic E-state index is 11.7. The van der Waals surface area contributed by atoms with Crippen LogP contribution in [0.4, 0.5) is 0 Å². The fraction of sp³-hybridized carbons (Fsp3) is 0.857. The summed E-state index contributed by atoms with van der Waals surface area (Å²) in [7, 11) is -1.14. The van der Waals surface area contributed by atoms with Gasteiger partial charge in [-0.2, -0.15) is 17.0 Å². The lowest BCUT2D eigenvalue weighted by Gasteiger charge is -2.24. The molecule has 1 fully saturated rings. The first-order valence-corrected chi connectivity index (χ1v) is 5.76. The predicted octanol–water partition coefficient (Wildman–Crippen LogP) is -1.69. The Morgan fingerprint density at radius 1 is 1.47 bits per heavy atom. The second-order valence-corrected chi connectivity index (χ2v) is 5.70. The van der Waals surface area contributed by atoms with E-state index in [9.17, 15) is 18.3 Å². The second-order valence-electron chi connectivity index (χ2n) is 3.60. The molecule has 1 heterocycles. The summed E-state index contributed by atoms with van der Waals surface area (Å²) in [5.41, 5.74) is 0. The average Bonchev–Trinajstić information content (AvgIpc) is 2.47. The number of carboxylic acid groups (broad SMARTS) is 1. The number of carbonyl (C=O) groups is 1. The van der Waals surface area contributed by atoms with E-state index in [0.717, 1.165) is 8.61 Å². The van der Waals surface area contributed by atoms with Crippen molar-refractivity contribution in [1.29, 1.82) is 0 Å². The number of aliphatic carboxylic acids is 1. The van der Waals surface area contributed by atoms with Crippen LogP contribution in [0, 0.1) is 0 Å². The highest BCUT2D eigenvalue weighted by molar-refractivity contribution is 7.86. The Labute approximate surface area is 88.1 Å². The van der Waals surface area contributed by atoms with Gasteiger partial charge in [0.2, 0.25) is 0 Å². The van der Waals surface area contributed by atoms with E-state index in [0.29, 0.717) is 0 Å². The standard InChI is InChI=1S/C7H14N2O5S/c1-8(2)15(13,14)9-4-5(10)3-6(9)7(11)12/h5-6,10H,3-4H2,1-2H3,(H,11,12)/t5-,6-/m1/s1. The van der Waals surface area contributed by atoms with Crippen LogP contribution in [0.2, 0.25) is 0 Å². The van der Waals surface area contributed by atoms with E-state index in [1.54, 1.807) is 0 Å². The zero-order valence-electron chi connectivity index (χ0n) is 8.49. The van der Waals surface area contributed by atoms with Crippen LogP contribution in [0.3, 0.4) is 0 Å². The van der Waals surface area contributed by atoms with Crippen LogP contribution in [-0.2, 0) is 15.0 Å². The highest BCUT2D eigenvalue weighted by atomic mass is 32.2. The van der Waals surface area contributed by atoms with Gasteiger partial charge in [0, 0.05) is 27.1 Å². The molecule has 2 N–H and O–H groups in total. The first-order chi connectivity index (χ1) is 6.76. The van der Waals surface area contributed by atoms with Crippen molar-refractivity contribution in [3.8, 4) is 0 Å². The second kappa shape index (κ2) is 4.05. The molecule has 2 atom stereocenters. The van der Waals surface area contributed by atoms with Crippen molar-refractivity contribution in [2.24, 2.45) is 0 Å². The fourth-order valence-corrected chi connectivity index (χ4v) is 2.75. The monoisotopic (exact) mass is 238 g/mol. The van der Waals surface area contributed by atoms with Crippen molar-refractivity contribution in [2.45, 2.75) is 18.6 Å². The predicted molar refractivity (Wildman–Crippen MR) is 51.4 cm³/mol. The Morgan fingerprint density at radius 2 is 2.00 bits per heavy atom. The number of carboxylic acids is 1. The molecule has 1 aliphatic rings. The molecule has 88 valence electrons. The summed E-state index contributed by atoms with van der Waals surface area (Å²) in [6.45, 7) is -0.169. The van der Waals surface area contributed by atoms with Crippen molar-refractivity contribution in [1.82, 2.24) is 8.61 Å². The van der Waals surface area contributed by atoms with Crippen LogP contribution >= 0.6 is 0 Å². The molecule has 0 unspecified atom stereocenters. The molecule has 0 amide bonds. The van der Waals surface area contributed by atoms with Crippen LogP contribution in [0.1, 0.15) is 6.42 Å². The van der Waals surface area contributed by atoms with Gasteiger partial charge in [0.15, 0.2) is 0 Å². The molecule has 0 aliphatic carbocycles. The lowest BCUT2D eigenvalue weighted by molar-refractivity contribution is -0.140. The fourth-order valence-electron chi connectivity index (χ4n) is 1.47. The summed E-state index contributed by atoms with van der Waals surface area (Å²) >= 11 is 0. The van der Waals surface area contributed by atoms with Crippen molar-refractivity contribution in [3.05, 3.63) is 0 Å². The maximum absolute atomic E-state index is 11.7. The Morgan fingerprint density at radius 3 is 2.40 bits per heavy atom. The molecule has 0 aromatic rings. The van der Waals surface area contributed by atoms with Crippen molar-refractivity contribution in [2.75, 3.05) is 20.6 Å². The minimum atomic E-state index is -3.78. The lowest BCUT2D eigenvalue weighted by Crippen LogP contribution is -2.46. The Kier molecular flexibility index (Phi) is 3.34. The van der Waals surface area contributed by atoms with Gasteiger partial charge < -0.3 is 10.2 Å². The van der Waals surface area contributed by atoms with Crippen LogP contribution in [0.15, 0.2) is 0 Å². The van der Waals surface area contributed by atoms with Crippen molar-refractivity contribution in [3.63, 3.8) is 0 Å². The molecular formula is C7H14N2O5S. The van der Waals surface area contributed by atoms with Gasteiger partial charge in [-0.25, -0.2) is 0 Å². The molecule has 1 aliphatic heterocycles. The third-order valence-corrected chi connectivity index (χ3v) is 4.20. The van der Waals surface area contributed by atoms with Crippen molar-refractivity contribution < 1.29 is 23.4 Å². The SMILES string of the molecule is CN(C)S(=O)(=O)N1C[C@H](O)C[C@@H]1C(=O)O. The molecule has 0 radical (unpaired) electrons. The van der Waals surface area contributed by atoms with Crippen LogP contribution in [-0.4, -0.2) is 66.0 Å². The van der Waals surface area contributed by atoms with E-state index in [4.69, 9.17) is 5.11 Å². The summed E-state index contributed by atoms with van der Waals surface area (Å²) in [5, 5.41) is 18.1. The summed E-state index contributed by atoms with van der Waals surface area (Å²) in [5.74, 6) is -1.24. The van der Waals surface area contributed by atoms with Crippen LogP contribution in [0.25, 0.3) is 0 Å². The van der Waals surface area contributed by atoms with E-state index < -0.39 is 28.3 Å². The van der Waals surface area contributed by atoms with Gasteiger partial charge in [-0.15, -0.1) is 0 Å². The topological polar surface area (TPSA) is 98.2 Å². The van der Waals surface area contributed by atoms with Gasteiger partial charge in [-0.1, -0.05) is 0 Å². The van der Waals surface area contributed by atoms with Crippen LogP contribution < -0.4 is 0 Å². The highest BCUT2D eigenvalue weighted by Gasteiger charge is 2.43. The lowest BCUT2D eigenvalue weighted by atomic mass is 10.2. The first kappa shape index (κ1) is 12.4. The summed E-state index contributed by atoms with van der Waals surface area (Å²) in [6.07, 6.45) is -0.983. The third-order valence-electron chi connectivity index (χ3n) is 2.28. The number of hydrogen-bond donors (Lipinski definition) is 2. The van der Waals surface area contributed by atoms with Crippen molar-refractivity contribution >= 4 is 16.2 Å². The van der Waals surface area contributed by atoms with Gasteiger partial charge in [0.05, 0.1) is 6.10 Å². The molecule has 0 saturated carbocycles. The number of hydrogen-bond acceptors (Lipinski definition) is 4. The van der Waals surface area contributed by atoms with Gasteiger partial charge in [0.25, 0.3) is 10.2 Å². The molecule has 8 heteroatoms. The molecule has 7 nitrogen and oxygen atoms in total. The summed E-state index contributed by atoms with van der Waals surface area (Å²) < 4.78 is 25.1. The Bertz CT molecular complexity index is 352. The Hall–Kier alpha value is -0.700. The molecule has 1 rings (SSSR count). The molecule has 0 aromatic heterocycles. The molecular weight excluding hydrogens is 224 g/mol. The molecule has 0 bridgehead atoms. The normalized spacial score (nSPS) is 28.5. The summed E-state index contributed by atoms with van der Waals surface area (Å²) in [4.78, 5) is 10.8. The molecule has 0 spiro atoms. The van der Waals surface area contributed by atoms with E-state index >= 15 is 0 Å². The van der Waals surface area contributed by atoms with E-state index in [-0.39, 0.29) is 13.0 Å². The number of aliphatic hydroxyl groups is 1. The number of aliphatic hydroxyl groups excluding tert-OH is 1. The average molecular weight is 238 g/mol. The quantitative estimate of drug-likeness (QED) is 0.611. The van der Waals surface area contributed by atoms with Gasteiger partial charge in [-0.3, -0.25) is 4.79 Å². The van der Waals surface area contributed by atoms with E-state index in [2.05, 4.69) is 0 Å². The van der Waals surface area contributed by atoms with Gasteiger partial charge in [-0.05, 0) is 0 Å². The number of β-amino-alcohol motifs (C(OH)–C–C–N with tert-alkyl or cyclic N) is 1. The smallest absolute Gasteiger partial charge is 0.322 e. The zero-order chi connectivity index (χ0) is 11.8. The van der Waals surface area contributed by atoms with Gasteiger partial charge in [0.1, 0.15) is 6.04 Å².